The number of ether oxygens (including phenoxy) is 1. The number of anilines is 2. The molecule has 1 aromatic carbocycles. The van der Waals surface area contributed by atoms with Crippen LogP contribution in [0.5, 0.6) is 5.75 Å². The van der Waals surface area contributed by atoms with Crippen molar-refractivity contribution in [1.82, 2.24) is 25.1 Å². The summed E-state index contributed by atoms with van der Waals surface area (Å²) in [5.41, 5.74) is 5.70. The molecule has 9 nitrogen and oxygen atoms in total. The second-order valence-electron chi connectivity index (χ2n) is 5.69. The van der Waals surface area contributed by atoms with E-state index in [9.17, 15) is 4.39 Å². The number of benzene rings is 1. The van der Waals surface area contributed by atoms with Crippen LogP contribution in [-0.4, -0.2) is 39.2 Å². The van der Waals surface area contributed by atoms with Gasteiger partial charge in [-0.15, -0.1) is 10.2 Å². The van der Waals surface area contributed by atoms with Gasteiger partial charge in [0.15, 0.2) is 17.7 Å². The van der Waals surface area contributed by atoms with Crippen molar-refractivity contribution >= 4 is 23.7 Å². The minimum absolute atomic E-state index is 0.120. The first-order valence-corrected chi connectivity index (χ1v) is 8.96. The Kier molecular flexibility index (Phi) is 5.69. The van der Waals surface area contributed by atoms with E-state index in [2.05, 4.69) is 25.1 Å². The summed E-state index contributed by atoms with van der Waals surface area (Å²) in [6.07, 6.45) is -0.600. The fourth-order valence-electron chi connectivity index (χ4n) is 2.04. The SMILES string of the molecule is CC(Oc1ccccc1F)c1nnc(SCc2nc(N)nc(N(C)C)n2)o1. The molecule has 27 heavy (non-hydrogen) atoms. The summed E-state index contributed by atoms with van der Waals surface area (Å²) in [7, 11) is 3.62. The lowest BCUT2D eigenvalue weighted by atomic mass is 10.3. The molecule has 0 radical (unpaired) electrons. The number of hydrogen-bond donors (Lipinski definition) is 1. The minimum Gasteiger partial charge on any atom is -0.478 e. The highest BCUT2D eigenvalue weighted by atomic mass is 32.2. The first-order valence-electron chi connectivity index (χ1n) is 7.97. The highest BCUT2D eigenvalue weighted by Crippen LogP contribution is 2.26. The van der Waals surface area contributed by atoms with E-state index in [-0.39, 0.29) is 17.6 Å². The van der Waals surface area contributed by atoms with E-state index in [0.29, 0.717) is 22.7 Å². The van der Waals surface area contributed by atoms with Crippen molar-refractivity contribution in [3.8, 4) is 5.75 Å². The van der Waals surface area contributed by atoms with Gasteiger partial charge in [-0.05, 0) is 19.1 Å². The van der Waals surface area contributed by atoms with Crippen LogP contribution in [0.1, 0.15) is 24.7 Å². The summed E-state index contributed by atoms with van der Waals surface area (Å²) in [5, 5.41) is 8.22. The lowest BCUT2D eigenvalue weighted by Gasteiger charge is -2.11. The normalized spacial score (nSPS) is 12.0. The fourth-order valence-corrected chi connectivity index (χ4v) is 2.66. The van der Waals surface area contributed by atoms with E-state index in [1.165, 1.54) is 23.9 Å². The van der Waals surface area contributed by atoms with E-state index in [1.54, 1.807) is 24.0 Å². The molecular weight excluding hydrogens is 373 g/mol. The van der Waals surface area contributed by atoms with Crippen LogP contribution in [-0.2, 0) is 5.75 Å². The molecule has 2 N–H and O–H groups in total. The second-order valence-corrected chi connectivity index (χ2v) is 6.62. The molecule has 0 aliphatic rings. The minimum atomic E-state index is -0.600. The molecule has 0 fully saturated rings. The van der Waals surface area contributed by atoms with Gasteiger partial charge in [0.1, 0.15) is 5.82 Å². The number of hydrogen-bond acceptors (Lipinski definition) is 10. The Morgan fingerprint density at radius 1 is 1.22 bits per heavy atom. The molecule has 3 rings (SSSR count). The molecule has 0 aliphatic carbocycles. The Morgan fingerprint density at radius 3 is 2.74 bits per heavy atom. The molecule has 0 saturated heterocycles. The van der Waals surface area contributed by atoms with Crippen LogP contribution in [0.15, 0.2) is 33.9 Å². The molecule has 142 valence electrons. The summed E-state index contributed by atoms with van der Waals surface area (Å²) in [6.45, 7) is 1.70. The molecular formula is C16H18FN7O2S. The third-order valence-electron chi connectivity index (χ3n) is 3.32. The van der Waals surface area contributed by atoms with Gasteiger partial charge in [0.2, 0.25) is 11.9 Å². The van der Waals surface area contributed by atoms with Crippen LogP contribution < -0.4 is 15.4 Å². The van der Waals surface area contributed by atoms with Crippen molar-refractivity contribution in [2.45, 2.75) is 24.0 Å². The number of aromatic nitrogens is 5. The molecule has 0 saturated carbocycles. The number of halogens is 1. The number of thioether (sulfide) groups is 1. The third-order valence-corrected chi connectivity index (χ3v) is 4.14. The van der Waals surface area contributed by atoms with E-state index < -0.39 is 11.9 Å². The first kappa shape index (κ1) is 18.8. The molecule has 3 aromatic rings. The Balaban J connectivity index is 1.63. The highest BCUT2D eigenvalue weighted by Gasteiger charge is 2.18. The lowest BCUT2D eigenvalue weighted by molar-refractivity contribution is 0.174. The maximum atomic E-state index is 13.7. The van der Waals surface area contributed by atoms with Gasteiger partial charge in [0.25, 0.3) is 11.1 Å². The summed E-state index contributed by atoms with van der Waals surface area (Å²) in [5.74, 6) is 1.38. The zero-order valence-electron chi connectivity index (χ0n) is 15.0. The molecule has 0 aliphatic heterocycles. The second kappa shape index (κ2) is 8.16. The van der Waals surface area contributed by atoms with Crippen LogP contribution in [0.3, 0.4) is 0 Å². The average molecular weight is 391 g/mol. The Labute approximate surface area is 159 Å². The molecule has 1 unspecified atom stereocenters. The predicted octanol–water partition coefficient (Wildman–Crippen LogP) is 2.47. The third kappa shape index (κ3) is 4.82. The Hall–Kier alpha value is -2.95. The zero-order chi connectivity index (χ0) is 19.4. The van der Waals surface area contributed by atoms with Gasteiger partial charge in [-0.3, -0.25) is 0 Å². The van der Waals surface area contributed by atoms with Gasteiger partial charge in [-0.2, -0.15) is 15.0 Å². The van der Waals surface area contributed by atoms with Gasteiger partial charge in [0, 0.05) is 14.1 Å². The van der Waals surface area contributed by atoms with Gasteiger partial charge in [-0.1, -0.05) is 23.9 Å². The number of nitrogens with zero attached hydrogens (tertiary/aromatic N) is 6. The largest absolute Gasteiger partial charge is 0.478 e. The molecule has 2 heterocycles. The van der Waals surface area contributed by atoms with Crippen LogP contribution in [0, 0.1) is 5.82 Å². The van der Waals surface area contributed by atoms with Gasteiger partial charge >= 0.3 is 0 Å². The monoisotopic (exact) mass is 391 g/mol. The van der Waals surface area contributed by atoms with Gasteiger partial charge in [0.05, 0.1) is 5.75 Å². The Morgan fingerprint density at radius 2 is 2.00 bits per heavy atom. The Bertz CT molecular complexity index is 921. The maximum Gasteiger partial charge on any atom is 0.277 e. The molecule has 2 aromatic heterocycles. The quantitative estimate of drug-likeness (QED) is 0.602. The summed E-state index contributed by atoms with van der Waals surface area (Å²) in [6, 6.07) is 6.12. The van der Waals surface area contributed by atoms with Crippen molar-refractivity contribution in [3.05, 3.63) is 41.8 Å². The van der Waals surface area contributed by atoms with Crippen molar-refractivity contribution in [3.63, 3.8) is 0 Å². The van der Waals surface area contributed by atoms with Gasteiger partial charge in [-0.25, -0.2) is 4.39 Å². The van der Waals surface area contributed by atoms with Gasteiger partial charge < -0.3 is 19.8 Å². The standard InChI is InChI=1S/C16H18FN7O2S/c1-9(25-11-7-5-4-6-10(11)17)13-22-23-16(26-13)27-8-12-19-14(18)21-15(20-12)24(2)3/h4-7,9H,8H2,1-3H3,(H2,18,19,20,21). The number of rotatable bonds is 7. The maximum absolute atomic E-state index is 13.7. The van der Waals surface area contributed by atoms with E-state index in [0.717, 1.165) is 0 Å². The van der Waals surface area contributed by atoms with Crippen LogP contribution in [0.25, 0.3) is 0 Å². The summed E-state index contributed by atoms with van der Waals surface area (Å²) >= 11 is 1.25. The predicted molar refractivity (Wildman–Crippen MR) is 97.9 cm³/mol. The van der Waals surface area contributed by atoms with Crippen molar-refractivity contribution in [2.75, 3.05) is 24.7 Å². The first-order chi connectivity index (χ1) is 12.9. The van der Waals surface area contributed by atoms with Crippen molar-refractivity contribution in [2.24, 2.45) is 0 Å². The highest BCUT2D eigenvalue weighted by molar-refractivity contribution is 7.98. The van der Waals surface area contributed by atoms with E-state index >= 15 is 0 Å². The van der Waals surface area contributed by atoms with E-state index in [1.807, 2.05) is 14.1 Å². The summed E-state index contributed by atoms with van der Waals surface area (Å²) in [4.78, 5) is 14.2. The van der Waals surface area contributed by atoms with Crippen LogP contribution in [0.2, 0.25) is 0 Å². The molecule has 1 atom stereocenters. The zero-order valence-corrected chi connectivity index (χ0v) is 15.8. The lowest BCUT2D eigenvalue weighted by Crippen LogP contribution is -2.15. The number of nitrogen functional groups attached to an aromatic ring is 1. The van der Waals surface area contributed by atoms with Crippen molar-refractivity contribution in [1.29, 1.82) is 0 Å². The van der Waals surface area contributed by atoms with Crippen LogP contribution in [0.4, 0.5) is 16.3 Å². The molecule has 0 amide bonds. The van der Waals surface area contributed by atoms with Crippen molar-refractivity contribution < 1.29 is 13.5 Å². The topological polar surface area (TPSA) is 116 Å². The van der Waals surface area contributed by atoms with Crippen LogP contribution >= 0.6 is 11.8 Å². The molecule has 0 spiro atoms. The smallest absolute Gasteiger partial charge is 0.277 e. The molecule has 0 bridgehead atoms. The number of para-hydroxylation sites is 1. The van der Waals surface area contributed by atoms with E-state index in [4.69, 9.17) is 14.9 Å². The fraction of sp³-hybridized carbons (Fsp3) is 0.312. The number of nitrogens with two attached hydrogens (primary N) is 1. The average Bonchev–Trinajstić information content (AvgIpc) is 3.10. The summed E-state index contributed by atoms with van der Waals surface area (Å²) < 4.78 is 24.8. The molecule has 11 heteroatoms.